The fourth-order valence-electron chi connectivity index (χ4n) is 1.95. The van der Waals surface area contributed by atoms with E-state index >= 15 is 0 Å². The normalized spacial score (nSPS) is 13.5. The lowest BCUT2D eigenvalue weighted by molar-refractivity contribution is -0.141. The predicted octanol–water partition coefficient (Wildman–Crippen LogP) is 4.10. The summed E-state index contributed by atoms with van der Waals surface area (Å²) in [6.45, 7) is 1.72. The van der Waals surface area contributed by atoms with Crippen molar-refractivity contribution in [3.63, 3.8) is 0 Å². The van der Waals surface area contributed by atoms with Crippen molar-refractivity contribution in [1.29, 1.82) is 0 Å². The van der Waals surface area contributed by atoms with Crippen LogP contribution in [0.4, 0.5) is 0 Å². The Labute approximate surface area is 142 Å². The van der Waals surface area contributed by atoms with Crippen LogP contribution in [-0.4, -0.2) is 18.9 Å². The molecule has 1 atom stereocenters. The van der Waals surface area contributed by atoms with Crippen molar-refractivity contribution >= 4 is 29.2 Å². The van der Waals surface area contributed by atoms with Crippen LogP contribution >= 0.6 is 23.2 Å². The number of hydrogen-bond donors (Lipinski definition) is 0. The zero-order valence-electron chi connectivity index (χ0n) is 12.0. The number of benzene rings is 2. The van der Waals surface area contributed by atoms with Crippen LogP contribution in [0.1, 0.15) is 6.92 Å². The Hall–Kier alpha value is -2.11. The SMILES string of the molecule is C[C@@H](Oc1ccc(Cl)cc1Cl)C(=O)Oc1ccc2c(c1)OCO2. The zero-order valence-corrected chi connectivity index (χ0v) is 13.6. The number of halogens is 2. The van der Waals surface area contributed by atoms with Crippen LogP contribution in [0, 0.1) is 0 Å². The van der Waals surface area contributed by atoms with Gasteiger partial charge >= 0.3 is 5.97 Å². The van der Waals surface area contributed by atoms with E-state index in [1.165, 1.54) is 6.07 Å². The molecule has 0 N–H and O–H groups in total. The highest BCUT2D eigenvalue weighted by Gasteiger charge is 2.20. The molecule has 1 heterocycles. The number of rotatable bonds is 4. The van der Waals surface area contributed by atoms with Crippen molar-refractivity contribution in [2.24, 2.45) is 0 Å². The van der Waals surface area contributed by atoms with Gasteiger partial charge in [-0.15, -0.1) is 0 Å². The molecule has 0 amide bonds. The highest BCUT2D eigenvalue weighted by molar-refractivity contribution is 6.35. The summed E-state index contributed by atoms with van der Waals surface area (Å²) in [4.78, 5) is 12.1. The first-order valence-corrected chi connectivity index (χ1v) is 7.51. The molecular weight excluding hydrogens is 343 g/mol. The third-order valence-electron chi connectivity index (χ3n) is 3.09. The molecule has 0 saturated carbocycles. The Morgan fingerprint density at radius 1 is 1.13 bits per heavy atom. The maximum Gasteiger partial charge on any atom is 0.352 e. The second-order valence-electron chi connectivity index (χ2n) is 4.77. The van der Waals surface area contributed by atoms with Crippen molar-refractivity contribution in [3.05, 3.63) is 46.4 Å². The van der Waals surface area contributed by atoms with Gasteiger partial charge in [0.25, 0.3) is 0 Å². The lowest BCUT2D eigenvalue weighted by atomic mass is 10.3. The Morgan fingerprint density at radius 3 is 2.70 bits per heavy atom. The number of fused-ring (bicyclic) bond motifs is 1. The topological polar surface area (TPSA) is 54.0 Å². The molecule has 3 rings (SSSR count). The van der Waals surface area contributed by atoms with Crippen LogP contribution in [0.3, 0.4) is 0 Å². The molecule has 0 bridgehead atoms. The van der Waals surface area contributed by atoms with Gasteiger partial charge in [0, 0.05) is 11.1 Å². The van der Waals surface area contributed by atoms with Crippen LogP contribution in [0.5, 0.6) is 23.0 Å². The number of carbonyl (C=O) groups is 1. The molecule has 1 aliphatic rings. The minimum Gasteiger partial charge on any atom is -0.477 e. The lowest BCUT2D eigenvalue weighted by Crippen LogP contribution is -2.28. The van der Waals surface area contributed by atoms with Gasteiger partial charge in [-0.1, -0.05) is 23.2 Å². The third-order valence-corrected chi connectivity index (χ3v) is 3.62. The van der Waals surface area contributed by atoms with E-state index in [9.17, 15) is 4.79 Å². The standard InChI is InChI=1S/C16H12Cl2O5/c1-9(22-13-4-2-10(17)6-12(13)18)16(19)23-11-3-5-14-15(7-11)21-8-20-14/h2-7,9H,8H2,1H3/t9-/m1/s1. The fraction of sp³-hybridized carbons (Fsp3) is 0.188. The van der Waals surface area contributed by atoms with E-state index in [0.717, 1.165) is 0 Å². The van der Waals surface area contributed by atoms with Crippen LogP contribution in [0.25, 0.3) is 0 Å². The molecule has 2 aromatic rings. The van der Waals surface area contributed by atoms with E-state index in [0.29, 0.717) is 33.0 Å². The van der Waals surface area contributed by atoms with Crippen molar-refractivity contribution < 1.29 is 23.7 Å². The Kier molecular flexibility index (Phi) is 4.50. The van der Waals surface area contributed by atoms with Crippen LogP contribution < -0.4 is 18.9 Å². The molecule has 0 aliphatic carbocycles. The maximum absolute atomic E-state index is 12.1. The number of hydrogen-bond acceptors (Lipinski definition) is 5. The van der Waals surface area contributed by atoms with E-state index in [2.05, 4.69) is 0 Å². The maximum atomic E-state index is 12.1. The van der Waals surface area contributed by atoms with E-state index in [1.807, 2.05) is 0 Å². The van der Waals surface area contributed by atoms with Gasteiger partial charge in [0.05, 0.1) is 5.02 Å². The van der Waals surface area contributed by atoms with Gasteiger partial charge in [0.15, 0.2) is 17.6 Å². The molecule has 0 aromatic heterocycles. The molecule has 0 fully saturated rings. The minimum atomic E-state index is -0.848. The van der Waals surface area contributed by atoms with Gasteiger partial charge in [0.2, 0.25) is 6.79 Å². The van der Waals surface area contributed by atoms with Gasteiger partial charge < -0.3 is 18.9 Å². The van der Waals surface area contributed by atoms with Crippen molar-refractivity contribution in [3.8, 4) is 23.0 Å². The zero-order chi connectivity index (χ0) is 16.4. The highest BCUT2D eigenvalue weighted by atomic mass is 35.5. The number of ether oxygens (including phenoxy) is 4. The smallest absolute Gasteiger partial charge is 0.352 e. The lowest BCUT2D eigenvalue weighted by Gasteiger charge is -2.15. The van der Waals surface area contributed by atoms with E-state index in [1.54, 1.807) is 37.3 Å². The molecule has 23 heavy (non-hydrogen) atoms. The second-order valence-corrected chi connectivity index (χ2v) is 5.61. The number of esters is 1. The molecule has 0 spiro atoms. The molecule has 0 radical (unpaired) electrons. The summed E-state index contributed by atoms with van der Waals surface area (Å²) in [5, 5.41) is 0.804. The quantitative estimate of drug-likeness (QED) is 0.611. The molecular formula is C16H12Cl2O5. The van der Waals surface area contributed by atoms with Crippen molar-refractivity contribution in [2.45, 2.75) is 13.0 Å². The summed E-state index contributed by atoms with van der Waals surface area (Å²) in [6, 6.07) is 9.63. The molecule has 7 heteroatoms. The van der Waals surface area contributed by atoms with Gasteiger partial charge in [-0.2, -0.15) is 0 Å². The first-order chi connectivity index (χ1) is 11.0. The first-order valence-electron chi connectivity index (χ1n) is 6.76. The number of carbonyl (C=O) groups excluding carboxylic acids is 1. The first kappa shape index (κ1) is 15.8. The van der Waals surface area contributed by atoms with Crippen LogP contribution in [0.15, 0.2) is 36.4 Å². The van der Waals surface area contributed by atoms with Crippen molar-refractivity contribution in [1.82, 2.24) is 0 Å². The summed E-state index contributed by atoms with van der Waals surface area (Å²) in [5.41, 5.74) is 0. The van der Waals surface area contributed by atoms with E-state index < -0.39 is 12.1 Å². The Bertz CT molecular complexity index is 747. The highest BCUT2D eigenvalue weighted by Crippen LogP contribution is 2.35. The summed E-state index contributed by atoms with van der Waals surface area (Å²) < 4.78 is 21.2. The Balaban J connectivity index is 1.65. The van der Waals surface area contributed by atoms with Gasteiger partial charge in [-0.3, -0.25) is 0 Å². The predicted molar refractivity (Wildman–Crippen MR) is 84.8 cm³/mol. The monoisotopic (exact) mass is 354 g/mol. The van der Waals surface area contributed by atoms with E-state index in [4.69, 9.17) is 42.1 Å². The van der Waals surface area contributed by atoms with Crippen LogP contribution in [-0.2, 0) is 4.79 Å². The molecule has 0 saturated heterocycles. The van der Waals surface area contributed by atoms with E-state index in [-0.39, 0.29) is 6.79 Å². The van der Waals surface area contributed by atoms with Crippen LogP contribution in [0.2, 0.25) is 10.0 Å². The molecule has 2 aromatic carbocycles. The molecule has 0 unspecified atom stereocenters. The largest absolute Gasteiger partial charge is 0.477 e. The molecule has 1 aliphatic heterocycles. The van der Waals surface area contributed by atoms with Gasteiger partial charge in [-0.25, -0.2) is 4.79 Å². The second kappa shape index (κ2) is 6.56. The molecule has 120 valence electrons. The van der Waals surface area contributed by atoms with Gasteiger partial charge in [-0.05, 0) is 37.3 Å². The molecule has 5 nitrogen and oxygen atoms in total. The van der Waals surface area contributed by atoms with Crippen molar-refractivity contribution in [2.75, 3.05) is 6.79 Å². The third kappa shape index (κ3) is 3.63. The summed E-state index contributed by atoms with van der Waals surface area (Å²) in [6.07, 6.45) is -0.848. The fourth-order valence-corrected chi connectivity index (χ4v) is 2.40. The summed E-state index contributed by atoms with van der Waals surface area (Å²) >= 11 is 11.8. The average Bonchev–Trinajstić information content (AvgIpc) is 2.97. The Morgan fingerprint density at radius 2 is 1.91 bits per heavy atom. The van der Waals surface area contributed by atoms with Gasteiger partial charge in [0.1, 0.15) is 11.5 Å². The summed E-state index contributed by atoms with van der Waals surface area (Å²) in [7, 11) is 0. The average molecular weight is 355 g/mol. The summed E-state index contributed by atoms with van der Waals surface area (Å²) in [5.74, 6) is 1.28. The minimum absolute atomic E-state index is 0.154.